The molecule has 1 unspecified atom stereocenters. The van der Waals surface area contributed by atoms with E-state index in [-0.39, 0.29) is 27.4 Å². The number of nitrogen functional groups attached to an aromatic ring is 1. The van der Waals surface area contributed by atoms with Crippen LogP contribution in [0.4, 0.5) is 42.1 Å². The van der Waals surface area contributed by atoms with Gasteiger partial charge in [0.2, 0.25) is 5.67 Å². The lowest BCUT2D eigenvalue weighted by Crippen LogP contribution is -2.42. The van der Waals surface area contributed by atoms with Gasteiger partial charge in [0.15, 0.2) is 0 Å². The van der Waals surface area contributed by atoms with Crippen molar-refractivity contribution in [3.05, 3.63) is 52.0 Å². The van der Waals surface area contributed by atoms with Crippen LogP contribution in [0.25, 0.3) is 0 Å². The van der Waals surface area contributed by atoms with E-state index in [0.29, 0.717) is 12.1 Å². The van der Waals surface area contributed by atoms with E-state index in [1.54, 1.807) is 6.07 Å². The molecule has 0 aromatic heterocycles. The maximum atomic E-state index is 14.8. The summed E-state index contributed by atoms with van der Waals surface area (Å²) < 4.78 is 92.8. The van der Waals surface area contributed by atoms with Gasteiger partial charge < -0.3 is 11.1 Å². The molecule has 2 aromatic rings. The predicted octanol–water partition coefficient (Wildman–Crippen LogP) is 6.45. The molecule has 0 radical (unpaired) electrons. The molecule has 1 amide bonds. The molecule has 4 nitrogen and oxygen atoms in total. The quantitative estimate of drug-likeness (QED) is 0.281. The SMILES string of the molecule is CSc1cc(C(F)(CC(F)(F)F)C(F)(F)F)cc(Cl)c1NC(=O)c1ccc(C#N)c(N)c1. The summed E-state index contributed by atoms with van der Waals surface area (Å²) in [5.41, 5.74) is -0.624. The Bertz CT molecular complexity index is 1080. The Balaban J connectivity index is 2.51. The molecule has 0 heterocycles. The molecule has 0 aliphatic rings. The minimum atomic E-state index is -5.88. The largest absolute Gasteiger partial charge is 0.427 e. The summed E-state index contributed by atoms with van der Waals surface area (Å²) in [5, 5.41) is 10.6. The zero-order valence-corrected chi connectivity index (χ0v) is 17.5. The van der Waals surface area contributed by atoms with Crippen LogP contribution in [0, 0.1) is 11.3 Å². The number of nitrogens with two attached hydrogens (primary N) is 1. The zero-order valence-electron chi connectivity index (χ0n) is 16.0. The molecule has 0 aliphatic heterocycles. The van der Waals surface area contributed by atoms with Gasteiger partial charge in [-0.25, -0.2) is 4.39 Å². The van der Waals surface area contributed by atoms with Crippen molar-refractivity contribution in [1.82, 2.24) is 0 Å². The summed E-state index contributed by atoms with van der Waals surface area (Å²) in [6, 6.07) is 6.44. The number of hydrogen-bond acceptors (Lipinski definition) is 4. The molecule has 0 saturated carbocycles. The lowest BCUT2D eigenvalue weighted by molar-refractivity contribution is -0.273. The number of nitrogens with zero attached hydrogens (tertiary/aromatic N) is 1. The lowest BCUT2D eigenvalue weighted by atomic mass is 9.91. The minimum absolute atomic E-state index is 0.00812. The number of thioether (sulfide) groups is 1. The molecule has 13 heteroatoms. The minimum Gasteiger partial charge on any atom is -0.398 e. The summed E-state index contributed by atoms with van der Waals surface area (Å²) in [4.78, 5) is 12.3. The van der Waals surface area contributed by atoms with Crippen molar-refractivity contribution < 1.29 is 35.5 Å². The van der Waals surface area contributed by atoms with Gasteiger partial charge in [0.25, 0.3) is 5.91 Å². The van der Waals surface area contributed by atoms with Gasteiger partial charge in [0.05, 0.1) is 28.4 Å². The first-order chi connectivity index (χ1) is 14.6. The zero-order chi connectivity index (χ0) is 24.5. The molecular weight excluding hydrogens is 487 g/mol. The molecule has 0 spiro atoms. The van der Waals surface area contributed by atoms with Crippen molar-refractivity contribution >= 4 is 40.6 Å². The molecule has 0 fully saturated rings. The van der Waals surface area contributed by atoms with Gasteiger partial charge in [0, 0.05) is 16.0 Å². The molecule has 1 atom stereocenters. The fourth-order valence-electron chi connectivity index (χ4n) is 2.73. The van der Waals surface area contributed by atoms with Crippen molar-refractivity contribution in [3.63, 3.8) is 0 Å². The van der Waals surface area contributed by atoms with E-state index in [4.69, 9.17) is 22.6 Å². The smallest absolute Gasteiger partial charge is 0.398 e. The van der Waals surface area contributed by atoms with Crippen LogP contribution in [-0.2, 0) is 5.67 Å². The van der Waals surface area contributed by atoms with E-state index >= 15 is 0 Å². The second-order valence-electron chi connectivity index (χ2n) is 6.49. The topological polar surface area (TPSA) is 78.9 Å². The van der Waals surface area contributed by atoms with Gasteiger partial charge in [-0.15, -0.1) is 11.8 Å². The standard InChI is InChI=1S/C19H13ClF7N3OS/c1-32-14-6-11(17(21,19(25,26)27)8-18(22,23)24)5-12(20)15(14)30-16(31)9-2-3-10(7-28)13(29)4-9/h2-6H,8,29H2,1H3,(H,30,31). The van der Waals surface area contributed by atoms with E-state index in [1.807, 2.05) is 0 Å². The van der Waals surface area contributed by atoms with Crippen LogP contribution < -0.4 is 11.1 Å². The summed E-state index contributed by atoms with van der Waals surface area (Å²) in [6.07, 6.45) is -12.8. The van der Waals surface area contributed by atoms with E-state index in [0.717, 1.165) is 11.8 Å². The number of alkyl halides is 7. The molecule has 0 aliphatic carbocycles. The number of nitriles is 1. The lowest BCUT2D eigenvalue weighted by Gasteiger charge is -2.30. The number of halogens is 8. The number of anilines is 2. The van der Waals surface area contributed by atoms with Crippen LogP contribution >= 0.6 is 23.4 Å². The van der Waals surface area contributed by atoms with E-state index in [1.165, 1.54) is 24.5 Å². The number of rotatable bonds is 5. The highest BCUT2D eigenvalue weighted by atomic mass is 35.5. The average molecular weight is 500 g/mol. The Morgan fingerprint density at radius 1 is 1.16 bits per heavy atom. The molecule has 3 N–H and O–H groups in total. The predicted molar refractivity (Wildman–Crippen MR) is 106 cm³/mol. The Morgan fingerprint density at radius 3 is 2.25 bits per heavy atom. The first-order valence-corrected chi connectivity index (χ1v) is 10.0. The normalized spacial score (nSPS) is 13.9. The van der Waals surface area contributed by atoms with Crippen LogP contribution in [0.15, 0.2) is 35.2 Å². The van der Waals surface area contributed by atoms with Crippen molar-refractivity contribution in [1.29, 1.82) is 5.26 Å². The highest BCUT2D eigenvalue weighted by Crippen LogP contribution is 2.51. The van der Waals surface area contributed by atoms with Gasteiger partial charge in [-0.2, -0.15) is 31.6 Å². The van der Waals surface area contributed by atoms with Crippen molar-refractivity contribution in [3.8, 4) is 6.07 Å². The highest BCUT2D eigenvalue weighted by molar-refractivity contribution is 7.98. The second kappa shape index (κ2) is 9.07. The molecule has 172 valence electrons. The number of carbonyl (C=O) groups is 1. The van der Waals surface area contributed by atoms with Gasteiger partial charge >= 0.3 is 12.4 Å². The Kier molecular flexibility index (Phi) is 7.26. The number of nitrogens with one attached hydrogen (secondary N) is 1. The Morgan fingerprint density at radius 2 is 1.78 bits per heavy atom. The summed E-state index contributed by atoms with van der Waals surface area (Å²) in [6.45, 7) is 0. The third-order valence-corrected chi connectivity index (χ3v) is 5.36. The van der Waals surface area contributed by atoms with E-state index in [2.05, 4.69) is 5.32 Å². The van der Waals surface area contributed by atoms with Crippen LogP contribution in [0.3, 0.4) is 0 Å². The summed E-state index contributed by atoms with van der Waals surface area (Å²) in [5.74, 6) is -0.816. The third kappa shape index (κ3) is 5.39. The Hall–Kier alpha value is -2.65. The van der Waals surface area contributed by atoms with Crippen LogP contribution in [0.1, 0.15) is 27.9 Å². The van der Waals surface area contributed by atoms with Crippen LogP contribution in [-0.4, -0.2) is 24.5 Å². The van der Waals surface area contributed by atoms with Crippen molar-refractivity contribution in [2.75, 3.05) is 17.3 Å². The van der Waals surface area contributed by atoms with Gasteiger partial charge in [-0.3, -0.25) is 4.79 Å². The monoisotopic (exact) mass is 499 g/mol. The fraction of sp³-hybridized carbons (Fsp3) is 0.263. The molecule has 0 saturated heterocycles. The first-order valence-electron chi connectivity index (χ1n) is 8.44. The van der Waals surface area contributed by atoms with Gasteiger partial charge in [-0.1, -0.05) is 11.6 Å². The highest BCUT2D eigenvalue weighted by Gasteiger charge is 2.62. The van der Waals surface area contributed by atoms with Crippen LogP contribution in [0.5, 0.6) is 0 Å². The first kappa shape index (κ1) is 25.6. The molecule has 0 bridgehead atoms. The van der Waals surface area contributed by atoms with E-state index in [9.17, 15) is 35.5 Å². The average Bonchev–Trinajstić information content (AvgIpc) is 2.66. The third-order valence-electron chi connectivity index (χ3n) is 4.30. The number of amides is 1. The van der Waals surface area contributed by atoms with Crippen molar-refractivity contribution in [2.45, 2.75) is 29.3 Å². The second-order valence-corrected chi connectivity index (χ2v) is 7.75. The maximum Gasteiger partial charge on any atom is 0.427 e. The number of hydrogen-bond donors (Lipinski definition) is 2. The van der Waals surface area contributed by atoms with Crippen molar-refractivity contribution in [2.24, 2.45) is 0 Å². The molecule has 32 heavy (non-hydrogen) atoms. The molecular formula is C19H13ClF7N3OS. The summed E-state index contributed by atoms with van der Waals surface area (Å²) >= 11 is 6.67. The Labute approximate surface area is 186 Å². The summed E-state index contributed by atoms with van der Waals surface area (Å²) in [7, 11) is 0. The van der Waals surface area contributed by atoms with E-state index < -0.39 is 40.9 Å². The fourth-order valence-corrected chi connectivity index (χ4v) is 3.66. The number of benzene rings is 2. The molecule has 2 aromatic carbocycles. The van der Waals surface area contributed by atoms with Gasteiger partial charge in [0.1, 0.15) is 6.07 Å². The van der Waals surface area contributed by atoms with Crippen LogP contribution in [0.2, 0.25) is 5.02 Å². The van der Waals surface area contributed by atoms with Gasteiger partial charge in [-0.05, 0) is 36.6 Å². The maximum absolute atomic E-state index is 14.8. The molecule has 2 rings (SSSR count). The number of carbonyl (C=O) groups excluding carboxylic acids is 1.